The number of benzene rings is 1. The second-order valence-corrected chi connectivity index (χ2v) is 7.17. The molecule has 2 nitrogen and oxygen atoms in total. The summed E-state index contributed by atoms with van der Waals surface area (Å²) in [4.78, 5) is 2.80. The first-order valence-electron chi connectivity index (χ1n) is 7.66. The van der Waals surface area contributed by atoms with Crippen LogP contribution in [0.4, 0.5) is 0 Å². The van der Waals surface area contributed by atoms with Crippen LogP contribution in [0.15, 0.2) is 30.3 Å². The van der Waals surface area contributed by atoms with Gasteiger partial charge in [-0.1, -0.05) is 6.07 Å². The van der Waals surface area contributed by atoms with Crippen LogP contribution in [0.25, 0.3) is 0 Å². The molecule has 2 atom stereocenters. The SMILES string of the molecule is COc1ccc2c(c1)C(NC(C)c1ccc(C)s1)CCC2. The third-order valence-electron chi connectivity index (χ3n) is 4.31. The zero-order valence-corrected chi connectivity index (χ0v) is 13.8. The van der Waals surface area contributed by atoms with Gasteiger partial charge in [0.25, 0.3) is 0 Å². The summed E-state index contributed by atoms with van der Waals surface area (Å²) in [6.45, 7) is 4.43. The zero-order chi connectivity index (χ0) is 14.8. The number of methoxy groups -OCH3 is 1. The predicted molar refractivity (Wildman–Crippen MR) is 89.3 cm³/mol. The Balaban J connectivity index is 1.81. The molecule has 0 amide bonds. The Morgan fingerprint density at radius 3 is 2.86 bits per heavy atom. The molecular formula is C18H23NOS. The van der Waals surface area contributed by atoms with Crippen LogP contribution in [0.3, 0.4) is 0 Å². The topological polar surface area (TPSA) is 21.3 Å². The molecule has 0 fully saturated rings. The monoisotopic (exact) mass is 301 g/mol. The molecule has 0 radical (unpaired) electrons. The van der Waals surface area contributed by atoms with Crippen LogP contribution in [0.2, 0.25) is 0 Å². The molecule has 0 bridgehead atoms. The first kappa shape index (κ1) is 14.6. The maximum absolute atomic E-state index is 5.40. The molecule has 1 aliphatic carbocycles. The lowest BCUT2D eigenvalue weighted by molar-refractivity contribution is 0.400. The summed E-state index contributed by atoms with van der Waals surface area (Å²) < 4.78 is 5.40. The van der Waals surface area contributed by atoms with Gasteiger partial charge in [-0.25, -0.2) is 0 Å². The van der Waals surface area contributed by atoms with E-state index < -0.39 is 0 Å². The average Bonchev–Trinajstić information content (AvgIpc) is 2.94. The largest absolute Gasteiger partial charge is 0.497 e. The molecule has 3 heteroatoms. The lowest BCUT2D eigenvalue weighted by Crippen LogP contribution is -2.27. The minimum atomic E-state index is 0.394. The predicted octanol–water partition coefficient (Wildman–Crippen LogP) is 4.79. The first-order chi connectivity index (χ1) is 10.2. The number of aryl methyl sites for hydroxylation is 2. The molecule has 2 aromatic rings. The number of hydrogen-bond acceptors (Lipinski definition) is 3. The van der Waals surface area contributed by atoms with E-state index >= 15 is 0 Å². The van der Waals surface area contributed by atoms with Gasteiger partial charge in [0.2, 0.25) is 0 Å². The maximum Gasteiger partial charge on any atom is 0.119 e. The van der Waals surface area contributed by atoms with E-state index in [9.17, 15) is 0 Å². The van der Waals surface area contributed by atoms with Crippen LogP contribution in [0.1, 0.15) is 52.7 Å². The Kier molecular flexibility index (Phi) is 4.32. The van der Waals surface area contributed by atoms with Crippen LogP contribution in [-0.4, -0.2) is 7.11 Å². The molecule has 0 spiro atoms. The molecule has 0 saturated heterocycles. The number of nitrogens with one attached hydrogen (secondary N) is 1. The quantitative estimate of drug-likeness (QED) is 0.876. The van der Waals surface area contributed by atoms with E-state index in [2.05, 4.69) is 49.5 Å². The fourth-order valence-corrected chi connectivity index (χ4v) is 4.04. The molecule has 1 N–H and O–H groups in total. The third-order valence-corrected chi connectivity index (χ3v) is 5.49. The standard InChI is InChI=1S/C18H23NOS/c1-12-7-10-18(21-12)13(2)19-17-6-4-5-14-8-9-15(20-3)11-16(14)17/h7-11,13,17,19H,4-6H2,1-3H3. The summed E-state index contributed by atoms with van der Waals surface area (Å²) in [5.74, 6) is 0.960. The first-order valence-corrected chi connectivity index (χ1v) is 8.48. The van der Waals surface area contributed by atoms with Crippen molar-refractivity contribution in [2.24, 2.45) is 0 Å². The molecule has 1 aromatic heterocycles. The number of rotatable bonds is 4. The van der Waals surface area contributed by atoms with Crippen molar-refractivity contribution >= 4 is 11.3 Å². The van der Waals surface area contributed by atoms with Crippen molar-refractivity contribution < 1.29 is 4.74 Å². The number of thiophene rings is 1. The molecule has 1 aromatic carbocycles. The van der Waals surface area contributed by atoms with Crippen LogP contribution in [-0.2, 0) is 6.42 Å². The number of hydrogen-bond donors (Lipinski definition) is 1. The Hall–Kier alpha value is -1.32. The van der Waals surface area contributed by atoms with Gasteiger partial charge in [-0.05, 0) is 68.5 Å². The van der Waals surface area contributed by atoms with Gasteiger partial charge >= 0.3 is 0 Å². The van der Waals surface area contributed by atoms with Crippen LogP contribution in [0.5, 0.6) is 5.75 Å². The van der Waals surface area contributed by atoms with Crippen molar-refractivity contribution in [1.82, 2.24) is 5.32 Å². The van der Waals surface area contributed by atoms with E-state index in [1.54, 1.807) is 7.11 Å². The Labute approximate surface area is 131 Å². The summed E-state index contributed by atoms with van der Waals surface area (Å²) in [6, 6.07) is 11.8. The minimum Gasteiger partial charge on any atom is -0.497 e. The second-order valence-electron chi connectivity index (χ2n) is 5.85. The van der Waals surface area contributed by atoms with Crippen molar-refractivity contribution in [2.45, 2.75) is 45.2 Å². The molecule has 3 rings (SSSR count). The Morgan fingerprint density at radius 1 is 1.29 bits per heavy atom. The smallest absolute Gasteiger partial charge is 0.119 e. The van der Waals surface area contributed by atoms with E-state index in [1.165, 1.54) is 40.1 Å². The maximum atomic E-state index is 5.40. The van der Waals surface area contributed by atoms with E-state index in [1.807, 2.05) is 11.3 Å². The summed E-state index contributed by atoms with van der Waals surface area (Å²) in [7, 11) is 1.74. The normalized spacial score (nSPS) is 19.1. The summed E-state index contributed by atoms with van der Waals surface area (Å²) in [5, 5.41) is 3.81. The van der Waals surface area contributed by atoms with Gasteiger partial charge in [-0.3, -0.25) is 0 Å². The molecule has 0 aliphatic heterocycles. The van der Waals surface area contributed by atoms with E-state index in [0.717, 1.165) is 5.75 Å². The van der Waals surface area contributed by atoms with Crippen molar-refractivity contribution in [3.05, 3.63) is 51.2 Å². The van der Waals surface area contributed by atoms with Gasteiger partial charge < -0.3 is 10.1 Å². The van der Waals surface area contributed by atoms with Crippen LogP contribution < -0.4 is 10.1 Å². The fraction of sp³-hybridized carbons (Fsp3) is 0.444. The van der Waals surface area contributed by atoms with Crippen molar-refractivity contribution in [1.29, 1.82) is 0 Å². The second kappa shape index (κ2) is 6.20. The van der Waals surface area contributed by atoms with E-state index in [-0.39, 0.29) is 0 Å². The lowest BCUT2D eigenvalue weighted by atomic mass is 9.87. The Morgan fingerprint density at radius 2 is 2.14 bits per heavy atom. The highest BCUT2D eigenvalue weighted by Gasteiger charge is 2.22. The van der Waals surface area contributed by atoms with Crippen molar-refractivity contribution in [3.63, 3.8) is 0 Å². The zero-order valence-electron chi connectivity index (χ0n) is 13.0. The van der Waals surface area contributed by atoms with Gasteiger partial charge in [0.05, 0.1) is 7.11 Å². The number of fused-ring (bicyclic) bond motifs is 1. The minimum absolute atomic E-state index is 0.394. The van der Waals surface area contributed by atoms with Gasteiger partial charge in [-0.15, -0.1) is 11.3 Å². The third kappa shape index (κ3) is 3.14. The van der Waals surface area contributed by atoms with Gasteiger partial charge in [0.15, 0.2) is 0 Å². The van der Waals surface area contributed by atoms with E-state index in [4.69, 9.17) is 4.74 Å². The summed E-state index contributed by atoms with van der Waals surface area (Å²) in [6.07, 6.45) is 3.64. The molecule has 1 aliphatic rings. The highest BCUT2D eigenvalue weighted by Crippen LogP contribution is 2.34. The van der Waals surface area contributed by atoms with Crippen molar-refractivity contribution in [3.8, 4) is 5.75 Å². The highest BCUT2D eigenvalue weighted by molar-refractivity contribution is 7.12. The van der Waals surface area contributed by atoms with Crippen LogP contribution >= 0.6 is 11.3 Å². The molecule has 2 unspecified atom stereocenters. The molecule has 0 saturated carbocycles. The number of ether oxygens (including phenoxy) is 1. The molecule has 21 heavy (non-hydrogen) atoms. The van der Waals surface area contributed by atoms with Gasteiger partial charge in [-0.2, -0.15) is 0 Å². The van der Waals surface area contributed by atoms with Crippen molar-refractivity contribution in [2.75, 3.05) is 7.11 Å². The summed E-state index contributed by atoms with van der Waals surface area (Å²) >= 11 is 1.89. The molecule has 112 valence electrons. The lowest BCUT2D eigenvalue weighted by Gasteiger charge is -2.29. The van der Waals surface area contributed by atoms with Gasteiger partial charge in [0.1, 0.15) is 5.75 Å². The average molecular weight is 301 g/mol. The molecular weight excluding hydrogens is 278 g/mol. The molecule has 1 heterocycles. The van der Waals surface area contributed by atoms with Gasteiger partial charge in [0, 0.05) is 21.8 Å². The summed E-state index contributed by atoms with van der Waals surface area (Å²) in [5.41, 5.74) is 2.88. The fourth-order valence-electron chi connectivity index (χ4n) is 3.15. The van der Waals surface area contributed by atoms with E-state index in [0.29, 0.717) is 12.1 Å². The Bertz CT molecular complexity index is 619. The highest BCUT2D eigenvalue weighted by atomic mass is 32.1. The van der Waals surface area contributed by atoms with Crippen LogP contribution in [0, 0.1) is 6.92 Å².